The molecular weight excluding hydrogens is 293 g/mol. The van der Waals surface area contributed by atoms with E-state index < -0.39 is 23.7 Å². The van der Waals surface area contributed by atoms with E-state index in [1.165, 1.54) is 19.2 Å². The summed E-state index contributed by atoms with van der Waals surface area (Å²) < 4.78 is 23.7. The molecule has 1 saturated heterocycles. The molecule has 2 atom stereocenters. The van der Waals surface area contributed by atoms with Crippen molar-refractivity contribution in [2.75, 3.05) is 20.3 Å². The van der Waals surface area contributed by atoms with E-state index in [1.54, 1.807) is 0 Å². The van der Waals surface area contributed by atoms with Gasteiger partial charge in [0.1, 0.15) is 6.04 Å². The van der Waals surface area contributed by atoms with Crippen molar-refractivity contribution in [1.29, 1.82) is 0 Å². The quantitative estimate of drug-likeness (QED) is 0.859. The molecule has 7 heteroatoms. The van der Waals surface area contributed by atoms with Gasteiger partial charge >= 0.3 is 5.97 Å². The molecule has 1 amide bonds. The van der Waals surface area contributed by atoms with Crippen LogP contribution in [-0.4, -0.2) is 43.3 Å². The third-order valence-corrected chi connectivity index (χ3v) is 3.63. The van der Waals surface area contributed by atoms with Gasteiger partial charge in [0, 0.05) is 18.1 Å². The normalized spacial score (nSPS) is 19.3. The van der Waals surface area contributed by atoms with Crippen molar-refractivity contribution in [2.24, 2.45) is 5.92 Å². The molecule has 6 nitrogen and oxygen atoms in total. The number of nitrogens with one attached hydrogen (secondary N) is 1. The van der Waals surface area contributed by atoms with E-state index in [0.29, 0.717) is 13.0 Å². The van der Waals surface area contributed by atoms with E-state index in [2.05, 4.69) is 5.32 Å². The van der Waals surface area contributed by atoms with Crippen LogP contribution in [0.15, 0.2) is 18.2 Å². The Kier molecular flexibility index (Phi) is 5.32. The second-order valence-corrected chi connectivity index (χ2v) is 5.12. The van der Waals surface area contributed by atoms with Gasteiger partial charge in [-0.05, 0) is 31.0 Å². The SMILES string of the molecule is COc1ccc(C(=O)NC(C(=O)O)C2CCCOC2)cc1F. The molecular formula is C15H18FNO5. The highest BCUT2D eigenvalue weighted by molar-refractivity contribution is 5.96. The monoisotopic (exact) mass is 311 g/mol. The molecule has 0 aromatic heterocycles. The summed E-state index contributed by atoms with van der Waals surface area (Å²) >= 11 is 0. The van der Waals surface area contributed by atoms with Gasteiger partial charge in [0.25, 0.3) is 5.91 Å². The Morgan fingerprint density at radius 1 is 1.50 bits per heavy atom. The summed E-state index contributed by atoms with van der Waals surface area (Å²) in [6, 6.07) is 2.67. The summed E-state index contributed by atoms with van der Waals surface area (Å²) in [7, 11) is 1.32. The fraction of sp³-hybridized carbons (Fsp3) is 0.467. The van der Waals surface area contributed by atoms with Gasteiger partial charge in [-0.2, -0.15) is 0 Å². The van der Waals surface area contributed by atoms with Crippen LogP contribution in [0.2, 0.25) is 0 Å². The number of carboxylic acids is 1. The summed E-state index contributed by atoms with van der Waals surface area (Å²) in [4.78, 5) is 23.5. The number of methoxy groups -OCH3 is 1. The van der Waals surface area contributed by atoms with Gasteiger partial charge in [-0.1, -0.05) is 0 Å². The summed E-state index contributed by atoms with van der Waals surface area (Å²) in [6.45, 7) is 0.884. The van der Waals surface area contributed by atoms with Crippen molar-refractivity contribution in [1.82, 2.24) is 5.32 Å². The van der Waals surface area contributed by atoms with Gasteiger partial charge in [-0.3, -0.25) is 4.79 Å². The average Bonchev–Trinajstić information content (AvgIpc) is 2.52. The van der Waals surface area contributed by atoms with Crippen molar-refractivity contribution in [3.63, 3.8) is 0 Å². The largest absolute Gasteiger partial charge is 0.494 e. The van der Waals surface area contributed by atoms with E-state index in [9.17, 15) is 19.1 Å². The minimum Gasteiger partial charge on any atom is -0.494 e. The first-order chi connectivity index (χ1) is 10.5. The summed E-state index contributed by atoms with van der Waals surface area (Å²) in [5, 5.41) is 11.7. The molecule has 120 valence electrons. The fourth-order valence-electron chi connectivity index (χ4n) is 2.44. The van der Waals surface area contributed by atoms with Crippen LogP contribution in [0.4, 0.5) is 4.39 Å². The lowest BCUT2D eigenvalue weighted by atomic mass is 9.93. The molecule has 1 heterocycles. The van der Waals surface area contributed by atoms with Crippen LogP contribution < -0.4 is 10.1 Å². The topological polar surface area (TPSA) is 84.9 Å². The zero-order chi connectivity index (χ0) is 16.1. The van der Waals surface area contributed by atoms with Crippen molar-refractivity contribution in [3.05, 3.63) is 29.6 Å². The maximum Gasteiger partial charge on any atom is 0.326 e. The van der Waals surface area contributed by atoms with Gasteiger partial charge in [-0.25, -0.2) is 9.18 Å². The van der Waals surface area contributed by atoms with Gasteiger partial charge in [0.2, 0.25) is 0 Å². The number of aliphatic carboxylic acids is 1. The third-order valence-electron chi connectivity index (χ3n) is 3.63. The fourth-order valence-corrected chi connectivity index (χ4v) is 2.44. The molecule has 2 unspecified atom stereocenters. The van der Waals surface area contributed by atoms with Gasteiger partial charge in [0.15, 0.2) is 11.6 Å². The molecule has 2 N–H and O–H groups in total. The first kappa shape index (κ1) is 16.2. The van der Waals surface area contributed by atoms with Crippen molar-refractivity contribution in [2.45, 2.75) is 18.9 Å². The molecule has 0 bridgehead atoms. The molecule has 2 rings (SSSR count). The second-order valence-electron chi connectivity index (χ2n) is 5.12. The zero-order valence-electron chi connectivity index (χ0n) is 12.2. The Bertz CT molecular complexity index is 557. The van der Waals surface area contributed by atoms with Crippen molar-refractivity contribution in [3.8, 4) is 5.75 Å². The highest BCUT2D eigenvalue weighted by Gasteiger charge is 2.31. The molecule has 1 aliphatic heterocycles. The zero-order valence-corrected chi connectivity index (χ0v) is 12.2. The Hall–Kier alpha value is -2.15. The lowest BCUT2D eigenvalue weighted by Crippen LogP contribution is -2.48. The van der Waals surface area contributed by atoms with Crippen molar-refractivity contribution < 1.29 is 28.6 Å². The smallest absolute Gasteiger partial charge is 0.326 e. The maximum atomic E-state index is 13.6. The number of carboxylic acid groups (broad SMARTS) is 1. The first-order valence-electron chi connectivity index (χ1n) is 6.98. The van der Waals surface area contributed by atoms with E-state index in [0.717, 1.165) is 12.5 Å². The number of halogens is 1. The Morgan fingerprint density at radius 3 is 2.82 bits per heavy atom. The molecule has 1 aromatic rings. The number of hydrogen-bond donors (Lipinski definition) is 2. The molecule has 1 fully saturated rings. The number of ether oxygens (including phenoxy) is 2. The van der Waals surface area contributed by atoms with Crippen LogP contribution in [0.25, 0.3) is 0 Å². The highest BCUT2D eigenvalue weighted by Crippen LogP contribution is 2.20. The lowest BCUT2D eigenvalue weighted by molar-refractivity contribution is -0.142. The van der Waals surface area contributed by atoms with Crippen LogP contribution >= 0.6 is 0 Å². The van der Waals surface area contributed by atoms with Gasteiger partial charge < -0.3 is 19.9 Å². The lowest BCUT2D eigenvalue weighted by Gasteiger charge is -2.28. The van der Waals surface area contributed by atoms with Crippen LogP contribution in [0, 0.1) is 11.7 Å². The predicted molar refractivity (Wildman–Crippen MR) is 75.4 cm³/mol. The number of carbonyl (C=O) groups is 2. The minimum atomic E-state index is -1.13. The van der Waals surface area contributed by atoms with Crippen LogP contribution in [-0.2, 0) is 9.53 Å². The Labute approximate surface area is 127 Å². The van der Waals surface area contributed by atoms with Crippen LogP contribution in [0.1, 0.15) is 23.2 Å². The van der Waals surface area contributed by atoms with Crippen LogP contribution in [0.5, 0.6) is 5.75 Å². The first-order valence-corrected chi connectivity index (χ1v) is 6.98. The molecule has 1 aromatic carbocycles. The highest BCUT2D eigenvalue weighted by atomic mass is 19.1. The number of rotatable bonds is 5. The van der Waals surface area contributed by atoms with E-state index >= 15 is 0 Å². The van der Waals surface area contributed by atoms with Crippen molar-refractivity contribution >= 4 is 11.9 Å². The van der Waals surface area contributed by atoms with Gasteiger partial charge in [0.05, 0.1) is 13.7 Å². The number of hydrogen-bond acceptors (Lipinski definition) is 4. The van der Waals surface area contributed by atoms with E-state index in [-0.39, 0.29) is 23.8 Å². The summed E-state index contributed by atoms with van der Waals surface area (Å²) in [5.74, 6) is -2.72. The molecule has 22 heavy (non-hydrogen) atoms. The molecule has 1 aliphatic rings. The molecule has 0 radical (unpaired) electrons. The molecule has 0 spiro atoms. The number of benzene rings is 1. The van der Waals surface area contributed by atoms with Gasteiger partial charge in [-0.15, -0.1) is 0 Å². The maximum absolute atomic E-state index is 13.6. The Balaban J connectivity index is 2.10. The molecule has 0 aliphatic carbocycles. The average molecular weight is 311 g/mol. The summed E-state index contributed by atoms with van der Waals surface area (Å²) in [6.07, 6.45) is 1.41. The van der Waals surface area contributed by atoms with E-state index in [4.69, 9.17) is 9.47 Å². The third kappa shape index (κ3) is 3.73. The molecule has 0 saturated carbocycles. The number of carbonyl (C=O) groups excluding carboxylic acids is 1. The predicted octanol–water partition coefficient (Wildman–Crippen LogP) is 1.44. The van der Waals surface area contributed by atoms with E-state index in [1.807, 2.05) is 0 Å². The minimum absolute atomic E-state index is 0.0204. The number of amides is 1. The second kappa shape index (κ2) is 7.22. The van der Waals surface area contributed by atoms with Crippen LogP contribution in [0.3, 0.4) is 0 Å². The standard InChI is InChI=1S/C15H18FNO5/c1-21-12-5-4-9(7-11(12)16)14(18)17-13(15(19)20)10-3-2-6-22-8-10/h4-5,7,10,13H,2-3,6,8H2,1H3,(H,17,18)(H,19,20). The summed E-state index contributed by atoms with van der Waals surface area (Å²) in [5.41, 5.74) is 0.0428. The Morgan fingerprint density at radius 2 is 2.27 bits per heavy atom.